The van der Waals surface area contributed by atoms with E-state index in [4.69, 9.17) is 0 Å². The van der Waals surface area contributed by atoms with Crippen LogP contribution in [0.25, 0.3) is 0 Å². The highest BCUT2D eigenvalue weighted by Crippen LogP contribution is 2.03. The number of rotatable bonds is 5. The van der Waals surface area contributed by atoms with E-state index in [0.29, 0.717) is 12.4 Å². The molecule has 0 aliphatic carbocycles. The third kappa shape index (κ3) is 3.79. The molecule has 0 unspecified atom stereocenters. The lowest BCUT2D eigenvalue weighted by Gasteiger charge is -2.11. The fourth-order valence-corrected chi connectivity index (χ4v) is 1.79. The van der Waals surface area contributed by atoms with E-state index in [9.17, 15) is 8.42 Å². The van der Waals surface area contributed by atoms with Crippen LogP contribution in [0.15, 0.2) is 18.3 Å². The lowest BCUT2D eigenvalue weighted by atomic mass is 10.3. The average Bonchev–Trinajstić information content (AvgIpc) is 2.20. The summed E-state index contributed by atoms with van der Waals surface area (Å²) >= 11 is 0. The van der Waals surface area contributed by atoms with E-state index >= 15 is 0 Å². The van der Waals surface area contributed by atoms with Crippen LogP contribution in [0.4, 0.5) is 5.82 Å². The summed E-state index contributed by atoms with van der Waals surface area (Å²) in [6.07, 6.45) is 1.74. The first-order valence-corrected chi connectivity index (χ1v) is 6.59. The highest BCUT2D eigenvalue weighted by Gasteiger charge is 2.12. The Morgan fingerprint density at radius 2 is 2.06 bits per heavy atom. The van der Waals surface area contributed by atoms with Gasteiger partial charge in [-0.05, 0) is 18.6 Å². The van der Waals surface area contributed by atoms with E-state index in [2.05, 4.69) is 10.3 Å². The van der Waals surface area contributed by atoms with Crippen molar-refractivity contribution in [2.24, 2.45) is 0 Å². The molecule has 0 atom stereocenters. The smallest absolute Gasteiger partial charge is 0.215 e. The van der Waals surface area contributed by atoms with E-state index in [1.54, 1.807) is 6.20 Å². The number of sulfonamides is 1. The maximum atomic E-state index is 11.4. The molecule has 0 aliphatic rings. The van der Waals surface area contributed by atoms with Crippen LogP contribution in [-0.4, -0.2) is 44.1 Å². The molecule has 0 fully saturated rings. The van der Waals surface area contributed by atoms with Gasteiger partial charge < -0.3 is 5.32 Å². The van der Waals surface area contributed by atoms with Crippen LogP contribution < -0.4 is 5.32 Å². The van der Waals surface area contributed by atoms with Gasteiger partial charge in [0.1, 0.15) is 5.82 Å². The van der Waals surface area contributed by atoms with Crippen molar-refractivity contribution in [3.63, 3.8) is 0 Å². The van der Waals surface area contributed by atoms with Gasteiger partial charge in [-0.1, -0.05) is 6.07 Å². The quantitative estimate of drug-likeness (QED) is 0.826. The van der Waals surface area contributed by atoms with E-state index in [1.807, 2.05) is 19.1 Å². The largest absolute Gasteiger partial charge is 0.369 e. The molecule has 1 aromatic heterocycles. The van der Waals surface area contributed by atoms with Gasteiger partial charge in [-0.25, -0.2) is 17.7 Å². The minimum Gasteiger partial charge on any atom is -0.369 e. The van der Waals surface area contributed by atoms with Gasteiger partial charge in [0.05, 0.1) is 5.75 Å². The lowest BCUT2D eigenvalue weighted by molar-refractivity contribution is 0.521. The van der Waals surface area contributed by atoms with Crippen LogP contribution in [0.2, 0.25) is 0 Å². The van der Waals surface area contributed by atoms with Crippen molar-refractivity contribution in [2.75, 3.05) is 31.7 Å². The fourth-order valence-electron chi connectivity index (χ4n) is 1.06. The molecule has 0 bridgehead atoms. The van der Waals surface area contributed by atoms with Crippen LogP contribution in [0.1, 0.15) is 5.56 Å². The van der Waals surface area contributed by atoms with Gasteiger partial charge >= 0.3 is 0 Å². The Hall–Kier alpha value is -1.14. The van der Waals surface area contributed by atoms with Crippen LogP contribution in [0, 0.1) is 6.92 Å². The number of nitrogens with one attached hydrogen (secondary N) is 1. The number of aromatic nitrogens is 1. The summed E-state index contributed by atoms with van der Waals surface area (Å²) in [5.41, 5.74) is 1.08. The SMILES string of the molecule is Cc1ccc(NCCS(=O)(=O)N(C)C)nc1. The van der Waals surface area contributed by atoms with E-state index in [0.717, 1.165) is 5.56 Å². The van der Waals surface area contributed by atoms with Crippen LogP contribution >= 0.6 is 0 Å². The lowest BCUT2D eigenvalue weighted by Crippen LogP contribution is -2.28. The van der Waals surface area contributed by atoms with Crippen molar-refractivity contribution in [1.29, 1.82) is 0 Å². The summed E-state index contributed by atoms with van der Waals surface area (Å²) in [6.45, 7) is 2.31. The number of aryl methyl sites for hydroxylation is 1. The molecule has 0 spiro atoms. The molecule has 0 aliphatic heterocycles. The Morgan fingerprint density at radius 1 is 1.38 bits per heavy atom. The average molecular weight is 243 g/mol. The zero-order valence-electron chi connectivity index (χ0n) is 9.77. The molecule has 1 N–H and O–H groups in total. The van der Waals surface area contributed by atoms with Crippen LogP contribution in [0.5, 0.6) is 0 Å². The summed E-state index contributed by atoms with van der Waals surface area (Å²) in [5.74, 6) is 0.759. The first-order valence-electron chi connectivity index (χ1n) is 4.98. The first kappa shape index (κ1) is 12.9. The maximum absolute atomic E-state index is 11.4. The van der Waals surface area contributed by atoms with E-state index in [-0.39, 0.29) is 5.75 Å². The molecular weight excluding hydrogens is 226 g/mol. The number of hydrogen-bond acceptors (Lipinski definition) is 4. The Bertz CT molecular complexity index is 426. The molecule has 16 heavy (non-hydrogen) atoms. The van der Waals surface area contributed by atoms with Gasteiger partial charge in [-0.15, -0.1) is 0 Å². The van der Waals surface area contributed by atoms with Gasteiger partial charge in [0.25, 0.3) is 0 Å². The zero-order chi connectivity index (χ0) is 12.2. The van der Waals surface area contributed by atoms with Crippen molar-refractivity contribution in [3.05, 3.63) is 23.9 Å². The molecule has 6 heteroatoms. The van der Waals surface area contributed by atoms with Crippen molar-refractivity contribution < 1.29 is 8.42 Å². The third-order valence-electron chi connectivity index (χ3n) is 2.13. The maximum Gasteiger partial charge on any atom is 0.215 e. The molecule has 1 rings (SSSR count). The van der Waals surface area contributed by atoms with Crippen molar-refractivity contribution in [3.8, 4) is 0 Å². The number of pyridine rings is 1. The Labute approximate surface area is 96.5 Å². The predicted octanol–water partition coefficient (Wildman–Crippen LogP) is 0.693. The fraction of sp³-hybridized carbons (Fsp3) is 0.500. The topological polar surface area (TPSA) is 62.3 Å². The standard InChI is InChI=1S/C10H17N3O2S/c1-9-4-5-10(12-8-9)11-6-7-16(14,15)13(2)3/h4-5,8H,6-7H2,1-3H3,(H,11,12). The molecule has 0 amide bonds. The molecule has 0 saturated heterocycles. The summed E-state index contributed by atoms with van der Waals surface area (Å²) in [6, 6.07) is 3.76. The minimum atomic E-state index is -3.13. The predicted molar refractivity (Wildman–Crippen MR) is 64.9 cm³/mol. The normalized spacial score (nSPS) is 11.8. The second-order valence-corrected chi connectivity index (χ2v) is 6.05. The van der Waals surface area contributed by atoms with Crippen LogP contribution in [-0.2, 0) is 10.0 Å². The summed E-state index contributed by atoms with van der Waals surface area (Å²) < 4.78 is 24.1. The molecule has 1 aromatic rings. The monoisotopic (exact) mass is 243 g/mol. The molecule has 1 heterocycles. The summed E-state index contributed by atoms with van der Waals surface area (Å²) in [7, 11) is -0.0790. The second-order valence-electron chi connectivity index (χ2n) is 3.75. The molecular formula is C10H17N3O2S. The second kappa shape index (κ2) is 5.27. The summed E-state index contributed by atoms with van der Waals surface area (Å²) in [5, 5.41) is 2.97. The Kier molecular flexibility index (Phi) is 4.26. The van der Waals surface area contributed by atoms with Gasteiger partial charge in [0, 0.05) is 26.8 Å². The highest BCUT2D eigenvalue weighted by atomic mass is 32.2. The van der Waals surface area contributed by atoms with Crippen LogP contribution in [0.3, 0.4) is 0 Å². The molecule has 90 valence electrons. The zero-order valence-corrected chi connectivity index (χ0v) is 10.6. The van der Waals surface area contributed by atoms with Gasteiger partial charge in [0.2, 0.25) is 10.0 Å². The minimum absolute atomic E-state index is 0.0650. The Morgan fingerprint density at radius 3 is 2.56 bits per heavy atom. The van der Waals surface area contributed by atoms with E-state index in [1.165, 1.54) is 18.4 Å². The van der Waals surface area contributed by atoms with Crippen molar-refractivity contribution >= 4 is 15.8 Å². The van der Waals surface area contributed by atoms with Gasteiger partial charge in [-0.3, -0.25) is 0 Å². The first-order chi connectivity index (χ1) is 7.42. The van der Waals surface area contributed by atoms with Crippen molar-refractivity contribution in [1.82, 2.24) is 9.29 Å². The highest BCUT2D eigenvalue weighted by molar-refractivity contribution is 7.89. The van der Waals surface area contributed by atoms with Crippen molar-refractivity contribution in [2.45, 2.75) is 6.92 Å². The summed E-state index contributed by atoms with van der Waals surface area (Å²) in [4.78, 5) is 4.12. The number of nitrogens with zero attached hydrogens (tertiary/aromatic N) is 2. The molecule has 0 radical (unpaired) electrons. The Balaban J connectivity index is 2.45. The molecule has 5 nitrogen and oxygen atoms in total. The molecule has 0 aromatic carbocycles. The van der Waals surface area contributed by atoms with Gasteiger partial charge in [-0.2, -0.15) is 0 Å². The number of anilines is 1. The molecule has 0 saturated carbocycles. The third-order valence-corrected chi connectivity index (χ3v) is 3.97. The van der Waals surface area contributed by atoms with E-state index < -0.39 is 10.0 Å². The number of hydrogen-bond donors (Lipinski definition) is 1. The van der Waals surface area contributed by atoms with Gasteiger partial charge in [0.15, 0.2) is 0 Å².